The molecule has 198 valence electrons. The summed E-state index contributed by atoms with van der Waals surface area (Å²) in [7, 11) is -3.18. The van der Waals surface area contributed by atoms with Gasteiger partial charge in [-0.3, -0.25) is 4.79 Å². The second-order valence-electron chi connectivity index (χ2n) is 9.84. The fourth-order valence-corrected chi connectivity index (χ4v) is 7.85. The Morgan fingerprint density at radius 1 is 1.24 bits per heavy atom. The van der Waals surface area contributed by atoms with E-state index in [1.165, 1.54) is 21.0 Å². The fraction of sp³-hybridized carbons (Fsp3) is 0.462. The van der Waals surface area contributed by atoms with Gasteiger partial charge in [-0.1, -0.05) is 26.0 Å². The summed E-state index contributed by atoms with van der Waals surface area (Å²) < 4.78 is 26.3. The number of fused-ring (bicyclic) bond motifs is 2. The van der Waals surface area contributed by atoms with Crippen molar-refractivity contribution in [3.63, 3.8) is 0 Å². The topological polar surface area (TPSA) is 103 Å². The molecule has 2 aliphatic rings. The summed E-state index contributed by atoms with van der Waals surface area (Å²) >= 11 is 3.31. The van der Waals surface area contributed by atoms with Crippen LogP contribution in [-0.2, 0) is 27.8 Å². The number of rotatable bonds is 8. The first kappa shape index (κ1) is 26.5. The number of hydrogen-bond donors (Lipinski definition) is 3. The number of nitrogens with one attached hydrogen (secondary N) is 3. The van der Waals surface area contributed by atoms with Crippen LogP contribution in [0.2, 0.25) is 0 Å². The molecule has 2 aliphatic heterocycles. The van der Waals surface area contributed by atoms with Crippen molar-refractivity contribution in [2.75, 3.05) is 37.8 Å². The number of sulfonamides is 1. The van der Waals surface area contributed by atoms with E-state index in [1.807, 2.05) is 6.08 Å². The summed E-state index contributed by atoms with van der Waals surface area (Å²) in [6.45, 7) is 7.41. The maximum absolute atomic E-state index is 12.7. The first-order chi connectivity index (χ1) is 17.7. The van der Waals surface area contributed by atoms with Crippen LogP contribution in [-0.4, -0.2) is 62.1 Å². The van der Waals surface area contributed by atoms with Crippen LogP contribution in [0.25, 0.3) is 26.4 Å². The summed E-state index contributed by atoms with van der Waals surface area (Å²) in [4.78, 5) is 19.0. The molecule has 1 aromatic carbocycles. The highest BCUT2D eigenvalue weighted by Gasteiger charge is 2.25. The first-order valence-electron chi connectivity index (χ1n) is 12.6. The van der Waals surface area contributed by atoms with Gasteiger partial charge in [-0.15, -0.1) is 22.7 Å². The summed E-state index contributed by atoms with van der Waals surface area (Å²) in [6.07, 6.45) is 5.28. The van der Waals surface area contributed by atoms with Crippen LogP contribution >= 0.6 is 22.7 Å². The van der Waals surface area contributed by atoms with Crippen LogP contribution in [0.3, 0.4) is 0 Å². The molecule has 3 aromatic rings. The molecule has 0 saturated carbocycles. The van der Waals surface area contributed by atoms with Crippen LogP contribution in [0.1, 0.15) is 42.7 Å². The lowest BCUT2D eigenvalue weighted by atomic mass is 10.00. The van der Waals surface area contributed by atoms with E-state index in [1.54, 1.807) is 22.7 Å². The predicted molar refractivity (Wildman–Crippen MR) is 154 cm³/mol. The Morgan fingerprint density at radius 3 is 2.81 bits per heavy atom. The number of carbonyl (C=O) groups is 1. The Labute approximate surface area is 226 Å². The number of thiazole rings is 1. The number of benzene rings is 1. The molecule has 1 amide bonds. The van der Waals surface area contributed by atoms with Crippen molar-refractivity contribution in [3.05, 3.63) is 40.3 Å². The molecule has 0 bridgehead atoms. The van der Waals surface area contributed by atoms with E-state index < -0.39 is 10.0 Å². The van der Waals surface area contributed by atoms with Crippen molar-refractivity contribution in [1.29, 1.82) is 0 Å². The maximum Gasteiger partial charge on any atom is 0.226 e. The Balaban J connectivity index is 1.43. The zero-order valence-electron chi connectivity index (χ0n) is 21.4. The SMILES string of the molecule is CC(C)NCCC(=O)Nc1sc2c(c1-c1nc3cc(C4=CCN(S(C)(=O)=O)CC4)ccc3s1)CCNC2. The molecule has 4 heterocycles. The van der Waals surface area contributed by atoms with Gasteiger partial charge in [0.2, 0.25) is 15.9 Å². The van der Waals surface area contributed by atoms with Gasteiger partial charge in [0.15, 0.2) is 0 Å². The highest BCUT2D eigenvalue weighted by Crippen LogP contribution is 2.45. The van der Waals surface area contributed by atoms with Gasteiger partial charge in [-0.2, -0.15) is 4.31 Å². The molecule has 8 nitrogen and oxygen atoms in total. The van der Waals surface area contributed by atoms with Crippen molar-refractivity contribution in [2.45, 2.75) is 45.7 Å². The third-order valence-electron chi connectivity index (χ3n) is 6.70. The molecule has 0 unspecified atom stereocenters. The van der Waals surface area contributed by atoms with Crippen molar-refractivity contribution in [1.82, 2.24) is 19.9 Å². The molecule has 11 heteroatoms. The lowest BCUT2D eigenvalue weighted by Crippen LogP contribution is -2.33. The number of aromatic nitrogens is 1. The first-order valence-corrected chi connectivity index (χ1v) is 16.1. The molecule has 0 saturated heterocycles. The molecular weight excluding hydrogens is 527 g/mol. The van der Waals surface area contributed by atoms with Gasteiger partial charge in [0, 0.05) is 49.1 Å². The van der Waals surface area contributed by atoms with E-state index in [2.05, 4.69) is 48.0 Å². The number of nitrogens with zero attached hydrogens (tertiary/aromatic N) is 2. The Hall–Kier alpha value is -2.15. The zero-order chi connectivity index (χ0) is 26.2. The van der Waals surface area contributed by atoms with Crippen molar-refractivity contribution < 1.29 is 13.2 Å². The van der Waals surface area contributed by atoms with Gasteiger partial charge in [0.1, 0.15) is 10.0 Å². The number of thiophene rings is 1. The highest BCUT2D eigenvalue weighted by molar-refractivity contribution is 7.88. The van der Waals surface area contributed by atoms with Gasteiger partial charge in [-0.25, -0.2) is 13.4 Å². The van der Waals surface area contributed by atoms with E-state index >= 15 is 0 Å². The van der Waals surface area contributed by atoms with E-state index in [4.69, 9.17) is 4.98 Å². The summed E-state index contributed by atoms with van der Waals surface area (Å²) in [5, 5.41) is 11.7. The van der Waals surface area contributed by atoms with Gasteiger partial charge in [0.05, 0.1) is 16.5 Å². The standard InChI is InChI=1S/C26H33N5O3S3/c1-16(2)28-11-7-23(32)30-26-24(19-6-10-27-15-22(19)36-26)25-29-20-14-18(4-5-21(20)35-25)17-8-12-31(13-9-17)37(3,33)34/h4-5,8,14,16,27-28H,6-7,9-13,15H2,1-3H3,(H,30,32). The summed E-state index contributed by atoms with van der Waals surface area (Å²) in [5.41, 5.74) is 5.51. The van der Waals surface area contributed by atoms with Gasteiger partial charge < -0.3 is 16.0 Å². The van der Waals surface area contributed by atoms with Gasteiger partial charge in [0.25, 0.3) is 0 Å². The molecular formula is C26H33N5O3S3. The van der Waals surface area contributed by atoms with Crippen molar-refractivity contribution in [2.24, 2.45) is 0 Å². The Bertz CT molecular complexity index is 1460. The lowest BCUT2D eigenvalue weighted by molar-refractivity contribution is -0.116. The van der Waals surface area contributed by atoms with Crippen LogP contribution in [0.5, 0.6) is 0 Å². The number of anilines is 1. The quantitative estimate of drug-likeness (QED) is 0.385. The van der Waals surface area contributed by atoms with Crippen molar-refractivity contribution in [3.8, 4) is 10.6 Å². The molecule has 0 radical (unpaired) electrons. The minimum Gasteiger partial charge on any atom is -0.317 e. The van der Waals surface area contributed by atoms with Crippen molar-refractivity contribution >= 4 is 59.4 Å². The second-order valence-corrected chi connectivity index (χ2v) is 14.0. The third-order valence-corrected chi connectivity index (χ3v) is 10.2. The molecule has 0 aliphatic carbocycles. The normalized spacial score (nSPS) is 16.7. The van der Waals surface area contributed by atoms with E-state index in [0.29, 0.717) is 38.5 Å². The van der Waals surface area contributed by atoms with Gasteiger partial charge in [-0.05, 0) is 48.2 Å². The van der Waals surface area contributed by atoms with Crippen LogP contribution in [0.4, 0.5) is 5.00 Å². The molecule has 37 heavy (non-hydrogen) atoms. The fourth-order valence-electron chi connectivity index (χ4n) is 4.76. The summed E-state index contributed by atoms with van der Waals surface area (Å²) in [5.74, 6) is 0.0109. The van der Waals surface area contributed by atoms with Crippen LogP contribution in [0.15, 0.2) is 24.3 Å². The maximum atomic E-state index is 12.7. The average Bonchev–Trinajstić information content (AvgIpc) is 3.43. The summed E-state index contributed by atoms with van der Waals surface area (Å²) in [6, 6.07) is 6.65. The largest absolute Gasteiger partial charge is 0.317 e. The minimum absolute atomic E-state index is 0.0109. The van der Waals surface area contributed by atoms with Gasteiger partial charge >= 0.3 is 0 Å². The lowest BCUT2D eigenvalue weighted by Gasteiger charge is -2.24. The van der Waals surface area contributed by atoms with E-state index in [-0.39, 0.29) is 5.91 Å². The number of amides is 1. The molecule has 5 rings (SSSR count). The highest BCUT2D eigenvalue weighted by atomic mass is 32.2. The number of hydrogen-bond acceptors (Lipinski definition) is 8. The predicted octanol–water partition coefficient (Wildman–Crippen LogP) is 4.05. The third kappa shape index (κ3) is 5.97. The molecule has 0 spiro atoms. The Kier molecular flexibility index (Phi) is 7.80. The van der Waals surface area contributed by atoms with Crippen LogP contribution in [0, 0.1) is 0 Å². The monoisotopic (exact) mass is 559 g/mol. The zero-order valence-corrected chi connectivity index (χ0v) is 23.8. The van der Waals surface area contributed by atoms with E-state index in [0.717, 1.165) is 56.4 Å². The number of carbonyl (C=O) groups excluding carboxylic acids is 1. The molecule has 2 aromatic heterocycles. The molecule has 0 atom stereocenters. The van der Waals surface area contributed by atoms with Crippen LogP contribution < -0.4 is 16.0 Å². The molecule has 3 N–H and O–H groups in total. The molecule has 0 fully saturated rings. The second kappa shape index (κ2) is 10.9. The average molecular weight is 560 g/mol. The minimum atomic E-state index is -3.18. The smallest absolute Gasteiger partial charge is 0.226 e. The van der Waals surface area contributed by atoms with E-state index in [9.17, 15) is 13.2 Å². The Morgan fingerprint density at radius 2 is 2.08 bits per heavy atom.